The Hall–Kier alpha value is -1.95. The highest BCUT2D eigenvalue weighted by Crippen LogP contribution is 2.20. The van der Waals surface area contributed by atoms with Crippen LogP contribution in [0.2, 0.25) is 0 Å². The van der Waals surface area contributed by atoms with Crippen LogP contribution in [0.3, 0.4) is 0 Å². The van der Waals surface area contributed by atoms with Gasteiger partial charge < -0.3 is 14.8 Å². The number of methoxy groups -OCH3 is 2. The van der Waals surface area contributed by atoms with Gasteiger partial charge >= 0.3 is 0 Å². The molecule has 0 spiro atoms. The first-order chi connectivity index (χ1) is 12.1. The number of carbonyl (C=O) groups is 1. The molecule has 1 N–H and O–H groups in total. The Balaban J connectivity index is 1.94. The van der Waals surface area contributed by atoms with Gasteiger partial charge in [0.25, 0.3) is 0 Å². The molecule has 0 aromatic heterocycles. The van der Waals surface area contributed by atoms with Gasteiger partial charge in [0, 0.05) is 27.3 Å². The second kappa shape index (κ2) is 10.1. The van der Waals surface area contributed by atoms with E-state index >= 15 is 0 Å². The molecule has 2 aromatic carbocycles. The van der Waals surface area contributed by atoms with Gasteiger partial charge in [-0.1, -0.05) is 36.4 Å². The van der Waals surface area contributed by atoms with Gasteiger partial charge in [-0.05, 0) is 29.3 Å². The largest absolute Gasteiger partial charge is 0.383 e. The maximum absolute atomic E-state index is 12.4. The molecule has 0 aliphatic heterocycles. The minimum absolute atomic E-state index is 0.00728. The number of fused-ring (bicyclic) bond motifs is 1. The SMILES string of the molecule is COCCN(CCOC)CC(=O)N[C@@H](C)c1ccc2ccccc2c1. The Labute approximate surface area is 149 Å². The molecule has 0 heterocycles. The lowest BCUT2D eigenvalue weighted by molar-refractivity contribution is -0.123. The van der Waals surface area contributed by atoms with E-state index in [0.717, 1.165) is 5.56 Å². The number of carbonyl (C=O) groups excluding carboxylic acids is 1. The summed E-state index contributed by atoms with van der Waals surface area (Å²) in [6, 6.07) is 14.5. The average Bonchev–Trinajstić information content (AvgIpc) is 2.63. The van der Waals surface area contributed by atoms with Crippen LogP contribution < -0.4 is 5.32 Å². The Bertz CT molecular complexity index is 667. The van der Waals surface area contributed by atoms with E-state index in [1.807, 2.05) is 24.0 Å². The Morgan fingerprint density at radius 3 is 2.32 bits per heavy atom. The predicted octanol–water partition coefficient (Wildman–Crippen LogP) is 2.61. The van der Waals surface area contributed by atoms with Crippen LogP contribution in [0.4, 0.5) is 0 Å². The molecule has 25 heavy (non-hydrogen) atoms. The van der Waals surface area contributed by atoms with Crippen molar-refractivity contribution in [3.63, 3.8) is 0 Å². The fourth-order valence-corrected chi connectivity index (χ4v) is 2.76. The minimum atomic E-state index is -0.0381. The fourth-order valence-electron chi connectivity index (χ4n) is 2.76. The summed E-state index contributed by atoms with van der Waals surface area (Å²) in [5.74, 6) is 0.00728. The van der Waals surface area contributed by atoms with E-state index < -0.39 is 0 Å². The lowest BCUT2D eigenvalue weighted by atomic mass is 10.0. The topological polar surface area (TPSA) is 50.8 Å². The normalized spacial score (nSPS) is 12.5. The maximum Gasteiger partial charge on any atom is 0.234 e. The molecule has 0 bridgehead atoms. The zero-order valence-electron chi connectivity index (χ0n) is 15.3. The standard InChI is InChI=1S/C20H28N2O3/c1-16(18-9-8-17-6-4-5-7-19(17)14-18)21-20(23)15-22(10-12-24-2)11-13-25-3/h4-9,14,16H,10-13,15H2,1-3H3,(H,21,23)/t16-/m0/s1. The highest BCUT2D eigenvalue weighted by atomic mass is 16.5. The van der Waals surface area contributed by atoms with Crippen LogP contribution in [-0.2, 0) is 14.3 Å². The summed E-state index contributed by atoms with van der Waals surface area (Å²) >= 11 is 0. The Kier molecular flexibility index (Phi) is 7.85. The number of amides is 1. The second-order valence-corrected chi connectivity index (χ2v) is 6.16. The van der Waals surface area contributed by atoms with Crippen molar-refractivity contribution in [1.29, 1.82) is 0 Å². The highest BCUT2D eigenvalue weighted by molar-refractivity contribution is 5.83. The summed E-state index contributed by atoms with van der Waals surface area (Å²) in [5, 5.41) is 5.47. The number of benzene rings is 2. The van der Waals surface area contributed by atoms with Crippen molar-refractivity contribution in [3.8, 4) is 0 Å². The molecule has 0 unspecified atom stereocenters. The molecule has 0 saturated carbocycles. The average molecular weight is 344 g/mol. The first-order valence-corrected chi connectivity index (χ1v) is 8.62. The molecule has 136 valence electrons. The number of nitrogens with one attached hydrogen (secondary N) is 1. The van der Waals surface area contributed by atoms with Crippen LogP contribution in [0.1, 0.15) is 18.5 Å². The fraction of sp³-hybridized carbons (Fsp3) is 0.450. The smallest absolute Gasteiger partial charge is 0.234 e. The molecular formula is C20H28N2O3. The van der Waals surface area contributed by atoms with Gasteiger partial charge in [0.15, 0.2) is 0 Å². The molecule has 0 fully saturated rings. The molecule has 2 rings (SSSR count). The number of hydrogen-bond donors (Lipinski definition) is 1. The molecule has 0 saturated heterocycles. The third-order valence-electron chi connectivity index (χ3n) is 4.24. The van der Waals surface area contributed by atoms with Gasteiger partial charge in [0.2, 0.25) is 5.91 Å². The van der Waals surface area contributed by atoms with Crippen molar-refractivity contribution in [2.24, 2.45) is 0 Å². The van der Waals surface area contributed by atoms with Gasteiger partial charge in [-0.2, -0.15) is 0 Å². The predicted molar refractivity (Wildman–Crippen MR) is 101 cm³/mol. The van der Waals surface area contributed by atoms with Crippen LogP contribution >= 0.6 is 0 Å². The van der Waals surface area contributed by atoms with Gasteiger partial charge in [-0.15, -0.1) is 0 Å². The molecule has 5 nitrogen and oxygen atoms in total. The molecule has 1 atom stereocenters. The Morgan fingerprint density at radius 2 is 1.68 bits per heavy atom. The first kappa shape index (κ1) is 19.4. The maximum atomic E-state index is 12.4. The molecule has 1 amide bonds. The van der Waals surface area contributed by atoms with E-state index in [0.29, 0.717) is 32.8 Å². The summed E-state index contributed by atoms with van der Waals surface area (Å²) in [7, 11) is 3.33. The summed E-state index contributed by atoms with van der Waals surface area (Å²) in [5.41, 5.74) is 1.10. The lowest BCUT2D eigenvalue weighted by Gasteiger charge is -2.22. The van der Waals surface area contributed by atoms with Crippen molar-refractivity contribution in [1.82, 2.24) is 10.2 Å². The van der Waals surface area contributed by atoms with Gasteiger partial charge in [0.05, 0.1) is 25.8 Å². The monoisotopic (exact) mass is 344 g/mol. The molecule has 5 heteroatoms. The van der Waals surface area contributed by atoms with Crippen LogP contribution in [0.15, 0.2) is 42.5 Å². The second-order valence-electron chi connectivity index (χ2n) is 6.16. The van der Waals surface area contributed by atoms with Crippen molar-refractivity contribution in [2.75, 3.05) is 47.1 Å². The third-order valence-corrected chi connectivity index (χ3v) is 4.24. The van der Waals surface area contributed by atoms with Crippen LogP contribution in [0, 0.1) is 0 Å². The number of ether oxygens (including phenoxy) is 2. The van der Waals surface area contributed by atoms with Crippen molar-refractivity contribution < 1.29 is 14.3 Å². The molecule has 0 aliphatic rings. The first-order valence-electron chi connectivity index (χ1n) is 8.62. The van der Waals surface area contributed by atoms with E-state index in [2.05, 4.69) is 35.6 Å². The van der Waals surface area contributed by atoms with Crippen LogP contribution in [0.25, 0.3) is 10.8 Å². The quantitative estimate of drug-likeness (QED) is 0.720. The molecule has 0 aliphatic carbocycles. The van der Waals surface area contributed by atoms with Gasteiger partial charge in [-0.3, -0.25) is 9.69 Å². The minimum Gasteiger partial charge on any atom is -0.383 e. The third kappa shape index (κ3) is 6.12. The number of nitrogens with zero attached hydrogens (tertiary/aromatic N) is 1. The molecule has 0 radical (unpaired) electrons. The summed E-state index contributed by atoms with van der Waals surface area (Å²) in [6.07, 6.45) is 0. The summed E-state index contributed by atoms with van der Waals surface area (Å²) in [4.78, 5) is 14.4. The van der Waals surface area contributed by atoms with E-state index in [1.165, 1.54) is 10.8 Å². The summed E-state index contributed by atoms with van der Waals surface area (Å²) in [6.45, 7) is 4.95. The number of rotatable bonds is 10. The Morgan fingerprint density at radius 1 is 1.04 bits per heavy atom. The van der Waals surface area contributed by atoms with Crippen molar-refractivity contribution in [2.45, 2.75) is 13.0 Å². The highest BCUT2D eigenvalue weighted by Gasteiger charge is 2.14. The van der Waals surface area contributed by atoms with Gasteiger partial charge in [-0.25, -0.2) is 0 Å². The lowest BCUT2D eigenvalue weighted by Crippen LogP contribution is -2.41. The zero-order valence-corrected chi connectivity index (χ0v) is 15.3. The van der Waals surface area contributed by atoms with Crippen LogP contribution in [-0.4, -0.2) is 57.9 Å². The zero-order chi connectivity index (χ0) is 18.1. The van der Waals surface area contributed by atoms with Crippen molar-refractivity contribution >= 4 is 16.7 Å². The van der Waals surface area contributed by atoms with E-state index in [1.54, 1.807) is 14.2 Å². The molecule has 2 aromatic rings. The molecular weight excluding hydrogens is 316 g/mol. The number of hydrogen-bond acceptors (Lipinski definition) is 4. The van der Waals surface area contributed by atoms with Crippen LogP contribution in [0.5, 0.6) is 0 Å². The summed E-state index contributed by atoms with van der Waals surface area (Å²) < 4.78 is 10.2. The van der Waals surface area contributed by atoms with E-state index in [-0.39, 0.29) is 11.9 Å². The van der Waals surface area contributed by atoms with E-state index in [9.17, 15) is 4.79 Å². The van der Waals surface area contributed by atoms with E-state index in [4.69, 9.17) is 9.47 Å². The van der Waals surface area contributed by atoms with Crippen molar-refractivity contribution in [3.05, 3.63) is 48.0 Å². The van der Waals surface area contributed by atoms with Gasteiger partial charge in [0.1, 0.15) is 0 Å².